The Kier molecular flexibility index (Phi) is 4.96. The maximum atomic E-state index is 12.3. The second-order valence-electron chi connectivity index (χ2n) is 5.63. The molecule has 1 saturated carbocycles. The molecule has 3 atom stereocenters. The molecule has 1 aliphatic carbocycles. The maximum Gasteiger partial charge on any atom is 0.241 e. The van der Waals surface area contributed by atoms with Gasteiger partial charge in [-0.2, -0.15) is 11.8 Å². The molecule has 1 heterocycles. The Morgan fingerprint density at radius 2 is 2.11 bits per heavy atom. The van der Waals surface area contributed by atoms with Crippen LogP contribution in [0.4, 0.5) is 0 Å². The quantitative estimate of drug-likeness (QED) is 0.833. The first-order valence-corrected chi connectivity index (χ1v) is 8.46. The monoisotopic (exact) mass is 270 g/mol. The van der Waals surface area contributed by atoms with Gasteiger partial charge in [-0.05, 0) is 38.4 Å². The third kappa shape index (κ3) is 2.85. The number of hydrogen-bond acceptors (Lipinski definition) is 3. The molecule has 0 radical (unpaired) electrons. The van der Waals surface area contributed by atoms with Crippen molar-refractivity contribution in [1.29, 1.82) is 0 Å². The van der Waals surface area contributed by atoms with Gasteiger partial charge in [-0.15, -0.1) is 0 Å². The number of nitrogens with zero attached hydrogens (tertiary/aromatic N) is 1. The maximum absolute atomic E-state index is 12.3. The van der Waals surface area contributed by atoms with E-state index >= 15 is 0 Å². The summed E-state index contributed by atoms with van der Waals surface area (Å²) >= 11 is 1.93. The predicted molar refractivity (Wildman–Crippen MR) is 77.7 cm³/mol. The van der Waals surface area contributed by atoms with Gasteiger partial charge in [-0.1, -0.05) is 19.8 Å². The third-order valence-corrected chi connectivity index (χ3v) is 5.36. The molecular weight excluding hydrogens is 244 g/mol. The van der Waals surface area contributed by atoms with Gasteiger partial charge in [0, 0.05) is 11.8 Å². The molecule has 1 saturated heterocycles. The van der Waals surface area contributed by atoms with Crippen LogP contribution in [0.3, 0.4) is 0 Å². The number of carbonyl (C=O) groups is 1. The normalized spacial score (nSPS) is 31.3. The highest BCUT2D eigenvalue weighted by atomic mass is 32.2. The van der Waals surface area contributed by atoms with Gasteiger partial charge >= 0.3 is 0 Å². The van der Waals surface area contributed by atoms with Crippen LogP contribution >= 0.6 is 11.8 Å². The van der Waals surface area contributed by atoms with E-state index in [0.29, 0.717) is 24.0 Å². The van der Waals surface area contributed by atoms with Crippen molar-refractivity contribution in [2.45, 2.75) is 64.7 Å². The average molecular weight is 270 g/mol. The molecule has 0 spiro atoms. The number of nitrogens with one attached hydrogen (secondary N) is 1. The summed E-state index contributed by atoms with van der Waals surface area (Å²) in [5.74, 6) is 3.16. The van der Waals surface area contributed by atoms with E-state index in [2.05, 4.69) is 24.1 Å². The standard InChI is InChI=1S/C14H26N2OS/c1-4-18-9-10(2)16-13(12-7-5-6-8-12)15-11(3)14(16)17/h10-13,15H,4-9H2,1-3H3. The van der Waals surface area contributed by atoms with Crippen molar-refractivity contribution in [3.8, 4) is 0 Å². The summed E-state index contributed by atoms with van der Waals surface area (Å²) in [5.41, 5.74) is 0. The van der Waals surface area contributed by atoms with Crippen LogP contribution in [-0.4, -0.2) is 40.6 Å². The topological polar surface area (TPSA) is 32.3 Å². The van der Waals surface area contributed by atoms with Crippen molar-refractivity contribution in [3.05, 3.63) is 0 Å². The Morgan fingerprint density at radius 3 is 2.72 bits per heavy atom. The van der Waals surface area contributed by atoms with Crippen molar-refractivity contribution < 1.29 is 4.79 Å². The Labute approximate surface area is 115 Å². The number of rotatable bonds is 5. The predicted octanol–water partition coefficient (Wildman–Crippen LogP) is 2.46. The molecule has 3 unspecified atom stereocenters. The summed E-state index contributed by atoms with van der Waals surface area (Å²) in [7, 11) is 0. The summed E-state index contributed by atoms with van der Waals surface area (Å²) in [6, 6.07) is 0.357. The lowest BCUT2D eigenvalue weighted by atomic mass is 10.0. The molecule has 18 heavy (non-hydrogen) atoms. The van der Waals surface area contributed by atoms with E-state index in [1.807, 2.05) is 18.7 Å². The van der Waals surface area contributed by atoms with Crippen molar-refractivity contribution in [2.24, 2.45) is 5.92 Å². The molecule has 3 nitrogen and oxygen atoms in total. The molecular formula is C14H26N2OS. The zero-order chi connectivity index (χ0) is 13.1. The summed E-state index contributed by atoms with van der Waals surface area (Å²) in [6.45, 7) is 6.38. The van der Waals surface area contributed by atoms with Gasteiger partial charge in [0.05, 0.1) is 12.2 Å². The lowest BCUT2D eigenvalue weighted by Crippen LogP contribution is -2.48. The van der Waals surface area contributed by atoms with Gasteiger partial charge in [0.15, 0.2) is 0 Å². The van der Waals surface area contributed by atoms with Gasteiger partial charge in [-0.25, -0.2) is 0 Å². The molecule has 4 heteroatoms. The van der Waals surface area contributed by atoms with Crippen LogP contribution in [0.25, 0.3) is 0 Å². The highest BCUT2D eigenvalue weighted by Crippen LogP contribution is 2.33. The van der Waals surface area contributed by atoms with E-state index in [4.69, 9.17) is 0 Å². The van der Waals surface area contributed by atoms with Gasteiger partial charge in [0.1, 0.15) is 0 Å². The van der Waals surface area contributed by atoms with E-state index < -0.39 is 0 Å². The van der Waals surface area contributed by atoms with Crippen LogP contribution in [0.2, 0.25) is 0 Å². The Morgan fingerprint density at radius 1 is 1.44 bits per heavy atom. The molecule has 1 N–H and O–H groups in total. The molecule has 1 aliphatic heterocycles. The highest BCUT2D eigenvalue weighted by molar-refractivity contribution is 7.99. The first-order valence-electron chi connectivity index (χ1n) is 7.31. The fourth-order valence-electron chi connectivity index (χ4n) is 3.26. The summed E-state index contributed by atoms with van der Waals surface area (Å²) in [5, 5.41) is 3.52. The second-order valence-corrected chi connectivity index (χ2v) is 6.95. The fraction of sp³-hybridized carbons (Fsp3) is 0.929. The van der Waals surface area contributed by atoms with E-state index in [-0.39, 0.29) is 6.04 Å². The largest absolute Gasteiger partial charge is 0.322 e. The number of amides is 1. The molecule has 0 aromatic carbocycles. The first kappa shape index (κ1) is 14.2. The molecule has 0 aromatic rings. The van der Waals surface area contributed by atoms with E-state index in [1.54, 1.807) is 0 Å². The summed E-state index contributed by atoms with van der Waals surface area (Å²) in [6.07, 6.45) is 5.51. The van der Waals surface area contributed by atoms with E-state index in [1.165, 1.54) is 25.7 Å². The Hall–Kier alpha value is -0.220. The molecule has 2 fully saturated rings. The van der Waals surface area contributed by atoms with Crippen molar-refractivity contribution >= 4 is 17.7 Å². The smallest absolute Gasteiger partial charge is 0.241 e. The Balaban J connectivity index is 2.04. The molecule has 2 rings (SSSR count). The lowest BCUT2D eigenvalue weighted by molar-refractivity contribution is -0.131. The average Bonchev–Trinajstić information content (AvgIpc) is 2.96. The van der Waals surface area contributed by atoms with Crippen molar-refractivity contribution in [1.82, 2.24) is 10.2 Å². The third-order valence-electron chi connectivity index (χ3n) is 4.23. The van der Waals surface area contributed by atoms with Crippen LogP contribution in [-0.2, 0) is 4.79 Å². The first-order chi connectivity index (χ1) is 8.65. The minimum Gasteiger partial charge on any atom is -0.322 e. The van der Waals surface area contributed by atoms with Gasteiger partial charge in [0.2, 0.25) is 5.91 Å². The highest BCUT2D eigenvalue weighted by Gasteiger charge is 2.43. The molecule has 1 amide bonds. The van der Waals surface area contributed by atoms with Crippen molar-refractivity contribution in [2.75, 3.05) is 11.5 Å². The molecule has 0 bridgehead atoms. The number of carbonyl (C=O) groups excluding carboxylic acids is 1. The van der Waals surface area contributed by atoms with Crippen LogP contribution < -0.4 is 5.32 Å². The minimum absolute atomic E-state index is 0.00433. The lowest BCUT2D eigenvalue weighted by Gasteiger charge is -2.33. The molecule has 2 aliphatic rings. The van der Waals surface area contributed by atoms with Gasteiger partial charge < -0.3 is 4.90 Å². The van der Waals surface area contributed by atoms with E-state index in [9.17, 15) is 4.79 Å². The SMILES string of the molecule is CCSCC(C)N1C(=O)C(C)NC1C1CCCC1. The second kappa shape index (κ2) is 6.29. The minimum atomic E-state index is 0.00433. The number of thioether (sulfide) groups is 1. The fourth-order valence-corrected chi connectivity index (χ4v) is 4.00. The summed E-state index contributed by atoms with van der Waals surface area (Å²) in [4.78, 5) is 14.5. The molecule has 104 valence electrons. The van der Waals surface area contributed by atoms with Gasteiger partial charge in [-0.3, -0.25) is 10.1 Å². The van der Waals surface area contributed by atoms with E-state index in [0.717, 1.165) is 11.5 Å². The zero-order valence-electron chi connectivity index (χ0n) is 11.8. The van der Waals surface area contributed by atoms with Crippen LogP contribution in [0, 0.1) is 5.92 Å². The van der Waals surface area contributed by atoms with Crippen LogP contribution in [0.1, 0.15) is 46.5 Å². The van der Waals surface area contributed by atoms with Crippen LogP contribution in [0.15, 0.2) is 0 Å². The molecule has 0 aromatic heterocycles. The zero-order valence-corrected chi connectivity index (χ0v) is 12.6. The van der Waals surface area contributed by atoms with Gasteiger partial charge in [0.25, 0.3) is 0 Å². The van der Waals surface area contributed by atoms with Crippen LogP contribution in [0.5, 0.6) is 0 Å². The Bertz CT molecular complexity index is 292. The number of hydrogen-bond donors (Lipinski definition) is 1. The summed E-state index contributed by atoms with van der Waals surface area (Å²) < 4.78 is 0. The van der Waals surface area contributed by atoms with Crippen molar-refractivity contribution in [3.63, 3.8) is 0 Å².